The van der Waals surface area contributed by atoms with Crippen molar-refractivity contribution in [2.45, 2.75) is 65.4 Å². The van der Waals surface area contributed by atoms with Crippen LogP contribution >= 0.6 is 0 Å². The number of rotatable bonds is 3. The van der Waals surface area contributed by atoms with Crippen LogP contribution in [0, 0.1) is 11.8 Å². The van der Waals surface area contributed by atoms with Crippen LogP contribution in [-0.2, 0) is 4.74 Å². The zero-order valence-corrected chi connectivity index (χ0v) is 17.4. The van der Waals surface area contributed by atoms with Crippen molar-refractivity contribution in [3.8, 4) is 0 Å². The molecule has 150 valence electrons. The van der Waals surface area contributed by atoms with Crippen molar-refractivity contribution in [3.05, 3.63) is 0 Å². The van der Waals surface area contributed by atoms with E-state index in [0.717, 1.165) is 57.4 Å². The van der Waals surface area contributed by atoms with Gasteiger partial charge in [-0.25, -0.2) is 4.79 Å². The summed E-state index contributed by atoms with van der Waals surface area (Å²) in [5.74, 6) is 2.38. The number of guanidine groups is 1. The van der Waals surface area contributed by atoms with Crippen LogP contribution in [0.1, 0.15) is 59.8 Å². The number of nitrogens with zero attached hydrogens (tertiary/aromatic N) is 3. The molecule has 2 aliphatic heterocycles. The summed E-state index contributed by atoms with van der Waals surface area (Å²) in [7, 11) is 1.87. The minimum absolute atomic E-state index is 0.173. The Morgan fingerprint density at radius 2 is 1.85 bits per heavy atom. The van der Waals surface area contributed by atoms with Gasteiger partial charge in [-0.15, -0.1) is 0 Å². The summed E-state index contributed by atoms with van der Waals surface area (Å²) in [5, 5.41) is 3.52. The first-order chi connectivity index (χ1) is 12.3. The number of hydrogen-bond acceptors (Lipinski definition) is 3. The lowest BCUT2D eigenvalue weighted by Gasteiger charge is -2.35. The second-order valence-corrected chi connectivity index (χ2v) is 8.87. The maximum atomic E-state index is 12.3. The molecule has 0 spiro atoms. The number of carbonyl (C=O) groups is 1. The number of likely N-dealkylation sites (tertiary alicyclic amines) is 2. The van der Waals surface area contributed by atoms with Gasteiger partial charge in [0.2, 0.25) is 0 Å². The van der Waals surface area contributed by atoms with Crippen LogP contribution in [0.3, 0.4) is 0 Å². The fourth-order valence-corrected chi connectivity index (χ4v) is 3.73. The lowest BCUT2D eigenvalue weighted by atomic mass is 9.95. The molecule has 6 heteroatoms. The highest BCUT2D eigenvalue weighted by Crippen LogP contribution is 2.21. The number of nitrogens with one attached hydrogen (secondary N) is 1. The minimum Gasteiger partial charge on any atom is -0.444 e. The Balaban J connectivity index is 1.73. The van der Waals surface area contributed by atoms with E-state index in [1.54, 1.807) is 0 Å². The maximum Gasteiger partial charge on any atom is 0.410 e. The van der Waals surface area contributed by atoms with E-state index in [4.69, 9.17) is 4.74 Å². The molecular weight excluding hydrogens is 328 g/mol. The summed E-state index contributed by atoms with van der Waals surface area (Å²) in [6.45, 7) is 12.8. The monoisotopic (exact) mass is 366 g/mol. The van der Waals surface area contributed by atoms with Gasteiger partial charge >= 0.3 is 6.09 Å². The lowest BCUT2D eigenvalue weighted by Crippen LogP contribution is -2.46. The maximum absolute atomic E-state index is 12.3. The summed E-state index contributed by atoms with van der Waals surface area (Å²) in [6.07, 6.45) is 5.61. The number of piperidine rings is 2. The van der Waals surface area contributed by atoms with Crippen LogP contribution in [0.15, 0.2) is 4.99 Å². The van der Waals surface area contributed by atoms with Crippen molar-refractivity contribution < 1.29 is 9.53 Å². The Morgan fingerprint density at radius 3 is 2.46 bits per heavy atom. The first-order valence-electron chi connectivity index (χ1n) is 10.2. The van der Waals surface area contributed by atoms with Gasteiger partial charge in [0.05, 0.1) is 0 Å². The molecule has 1 unspecified atom stereocenters. The third kappa shape index (κ3) is 6.69. The summed E-state index contributed by atoms with van der Waals surface area (Å²) in [4.78, 5) is 21.0. The molecule has 0 bridgehead atoms. The van der Waals surface area contributed by atoms with Crippen LogP contribution in [-0.4, -0.2) is 67.2 Å². The molecule has 2 aliphatic rings. The van der Waals surface area contributed by atoms with Crippen LogP contribution in [0.2, 0.25) is 0 Å². The van der Waals surface area contributed by atoms with E-state index in [0.29, 0.717) is 5.92 Å². The second-order valence-electron chi connectivity index (χ2n) is 8.87. The number of hydrogen-bond donors (Lipinski definition) is 1. The first kappa shape index (κ1) is 20.8. The van der Waals surface area contributed by atoms with E-state index < -0.39 is 5.60 Å². The molecule has 1 N–H and O–H groups in total. The van der Waals surface area contributed by atoms with Crippen LogP contribution in [0.25, 0.3) is 0 Å². The average Bonchev–Trinajstić information content (AvgIpc) is 2.58. The highest BCUT2D eigenvalue weighted by Gasteiger charge is 2.27. The fourth-order valence-electron chi connectivity index (χ4n) is 3.73. The number of carbonyl (C=O) groups excluding carboxylic acids is 1. The molecule has 2 saturated heterocycles. The average molecular weight is 367 g/mol. The topological polar surface area (TPSA) is 57.2 Å². The molecule has 1 amide bonds. The molecule has 1 atom stereocenters. The minimum atomic E-state index is -0.427. The molecule has 0 aromatic rings. The molecular formula is C20H38N4O2. The van der Waals surface area contributed by atoms with E-state index in [-0.39, 0.29) is 6.09 Å². The Kier molecular flexibility index (Phi) is 7.59. The van der Waals surface area contributed by atoms with Gasteiger partial charge < -0.3 is 19.9 Å². The summed E-state index contributed by atoms with van der Waals surface area (Å²) in [5.41, 5.74) is -0.427. The number of aliphatic imine (C=N–C) groups is 1. The van der Waals surface area contributed by atoms with Gasteiger partial charge in [-0.05, 0) is 64.7 Å². The van der Waals surface area contributed by atoms with Crippen molar-refractivity contribution in [2.75, 3.05) is 39.8 Å². The third-order valence-electron chi connectivity index (χ3n) is 5.30. The van der Waals surface area contributed by atoms with E-state index in [9.17, 15) is 4.79 Å². The highest BCUT2D eigenvalue weighted by molar-refractivity contribution is 5.79. The van der Waals surface area contributed by atoms with Crippen molar-refractivity contribution in [2.24, 2.45) is 16.8 Å². The molecule has 0 aromatic heterocycles. The Hall–Kier alpha value is -1.46. The quantitative estimate of drug-likeness (QED) is 0.615. The van der Waals surface area contributed by atoms with Gasteiger partial charge in [-0.2, -0.15) is 0 Å². The second kappa shape index (κ2) is 9.47. The molecule has 0 saturated carbocycles. The first-order valence-corrected chi connectivity index (χ1v) is 10.2. The third-order valence-corrected chi connectivity index (χ3v) is 5.30. The molecule has 26 heavy (non-hydrogen) atoms. The van der Waals surface area contributed by atoms with Gasteiger partial charge in [0.1, 0.15) is 5.60 Å². The molecule has 2 fully saturated rings. The molecule has 0 aliphatic carbocycles. The van der Waals surface area contributed by atoms with Crippen molar-refractivity contribution in [1.82, 2.24) is 15.1 Å². The van der Waals surface area contributed by atoms with Gasteiger partial charge in [-0.1, -0.05) is 6.92 Å². The molecule has 2 heterocycles. The van der Waals surface area contributed by atoms with Crippen molar-refractivity contribution in [1.29, 1.82) is 0 Å². The number of ether oxygens (including phenoxy) is 1. The number of amides is 1. The van der Waals surface area contributed by atoms with E-state index in [2.05, 4.69) is 22.1 Å². The van der Waals surface area contributed by atoms with Crippen molar-refractivity contribution in [3.63, 3.8) is 0 Å². The lowest BCUT2D eigenvalue weighted by molar-refractivity contribution is 0.0162. The molecule has 0 radical (unpaired) electrons. The Labute approximate surface area is 159 Å². The Morgan fingerprint density at radius 1 is 1.15 bits per heavy atom. The van der Waals surface area contributed by atoms with Gasteiger partial charge in [-0.3, -0.25) is 4.99 Å². The summed E-state index contributed by atoms with van der Waals surface area (Å²) < 4.78 is 5.52. The predicted molar refractivity (Wildman–Crippen MR) is 106 cm³/mol. The van der Waals surface area contributed by atoms with Gasteiger partial charge in [0, 0.05) is 39.8 Å². The summed E-state index contributed by atoms with van der Waals surface area (Å²) >= 11 is 0. The highest BCUT2D eigenvalue weighted by atomic mass is 16.6. The van der Waals surface area contributed by atoms with Crippen molar-refractivity contribution >= 4 is 12.1 Å². The van der Waals surface area contributed by atoms with Crippen LogP contribution in [0.5, 0.6) is 0 Å². The zero-order valence-electron chi connectivity index (χ0n) is 17.4. The van der Waals surface area contributed by atoms with E-state index in [1.165, 1.54) is 19.3 Å². The van der Waals surface area contributed by atoms with Crippen LogP contribution in [0.4, 0.5) is 4.79 Å². The normalized spacial score (nSPS) is 23.1. The molecule has 2 rings (SSSR count). The standard InChI is InChI=1S/C20H38N4O2/c1-16-9-13-23(14-10-16)18(21-5)22-11-8-17-7-6-12-24(15-17)19(25)26-20(2,3)4/h16-17H,6-15H2,1-5H3,(H,21,22). The van der Waals surface area contributed by atoms with Gasteiger partial charge in [0.25, 0.3) is 0 Å². The smallest absolute Gasteiger partial charge is 0.410 e. The van der Waals surface area contributed by atoms with E-state index >= 15 is 0 Å². The molecule has 0 aromatic carbocycles. The predicted octanol–water partition coefficient (Wildman–Crippen LogP) is 3.33. The molecule has 6 nitrogen and oxygen atoms in total. The Bertz CT molecular complexity index is 479. The van der Waals surface area contributed by atoms with Crippen LogP contribution < -0.4 is 5.32 Å². The SMILES string of the molecule is CN=C(NCCC1CCCN(C(=O)OC(C)(C)C)C1)N1CCC(C)CC1. The zero-order chi connectivity index (χ0) is 19.2. The fraction of sp³-hybridized carbons (Fsp3) is 0.900. The largest absolute Gasteiger partial charge is 0.444 e. The van der Waals surface area contributed by atoms with E-state index in [1.807, 2.05) is 32.7 Å². The van der Waals surface area contributed by atoms with Gasteiger partial charge in [0.15, 0.2) is 5.96 Å². The summed E-state index contributed by atoms with van der Waals surface area (Å²) in [6, 6.07) is 0.